The van der Waals surface area contributed by atoms with E-state index in [0.29, 0.717) is 47.4 Å². The van der Waals surface area contributed by atoms with Crippen molar-refractivity contribution in [3.63, 3.8) is 0 Å². The fourth-order valence-electron chi connectivity index (χ4n) is 4.64. The average Bonchev–Trinajstić information content (AvgIpc) is 3.23. The molecule has 36 heavy (non-hydrogen) atoms. The highest BCUT2D eigenvalue weighted by Crippen LogP contribution is 2.43. The number of methoxy groups -OCH3 is 3. The first-order valence-corrected chi connectivity index (χ1v) is 11.9. The van der Waals surface area contributed by atoms with E-state index in [1.54, 1.807) is 45.6 Å². The minimum Gasteiger partial charge on any atom is -0.493 e. The van der Waals surface area contributed by atoms with Gasteiger partial charge in [0.2, 0.25) is 11.5 Å². The topological polar surface area (TPSA) is 66.5 Å². The normalized spacial score (nSPS) is 15.6. The van der Waals surface area contributed by atoms with Crippen molar-refractivity contribution in [1.82, 2.24) is 4.90 Å². The summed E-state index contributed by atoms with van der Waals surface area (Å²) in [4.78, 5) is 15.4. The number of ketones is 1. The molecule has 0 spiro atoms. The number of aryl methyl sites for hydroxylation is 1. The van der Waals surface area contributed by atoms with Gasteiger partial charge in [-0.1, -0.05) is 30.3 Å². The van der Waals surface area contributed by atoms with Crippen LogP contribution in [0.1, 0.15) is 33.5 Å². The van der Waals surface area contributed by atoms with E-state index in [-0.39, 0.29) is 11.5 Å². The van der Waals surface area contributed by atoms with Crippen molar-refractivity contribution in [2.75, 3.05) is 34.6 Å². The Balaban J connectivity index is 1.35. The van der Waals surface area contributed by atoms with Gasteiger partial charge in [-0.3, -0.25) is 9.69 Å². The number of ether oxygens (including phenoxy) is 5. The second-order valence-corrected chi connectivity index (χ2v) is 8.73. The van der Waals surface area contributed by atoms with Crippen molar-refractivity contribution >= 4 is 11.9 Å². The number of fused-ring (bicyclic) bond motifs is 3. The van der Waals surface area contributed by atoms with Crippen LogP contribution in [0.25, 0.3) is 6.08 Å². The number of benzene rings is 3. The number of nitrogens with zero attached hydrogens (tertiary/aromatic N) is 1. The fourth-order valence-corrected chi connectivity index (χ4v) is 4.64. The van der Waals surface area contributed by atoms with Crippen LogP contribution in [0.5, 0.6) is 28.7 Å². The van der Waals surface area contributed by atoms with E-state index in [4.69, 9.17) is 23.7 Å². The second kappa shape index (κ2) is 10.3. The molecule has 0 amide bonds. The summed E-state index contributed by atoms with van der Waals surface area (Å²) in [5, 5.41) is 0. The summed E-state index contributed by atoms with van der Waals surface area (Å²) in [6.45, 7) is 2.07. The minimum atomic E-state index is -0.164. The van der Waals surface area contributed by atoms with Crippen LogP contribution in [0.4, 0.5) is 0 Å². The Morgan fingerprint density at radius 1 is 0.972 bits per heavy atom. The molecule has 7 heteroatoms. The molecule has 0 aromatic heterocycles. The van der Waals surface area contributed by atoms with Gasteiger partial charge in [0.25, 0.3) is 0 Å². The first kappa shape index (κ1) is 23.8. The zero-order chi connectivity index (χ0) is 25.1. The van der Waals surface area contributed by atoms with E-state index in [0.717, 1.165) is 30.7 Å². The maximum atomic E-state index is 13.2. The number of Topliss-reactive ketones (excluding diaryl/α,β-unsaturated/α-hetero) is 1. The molecule has 0 N–H and O–H groups in total. The fraction of sp³-hybridized carbons (Fsp3) is 0.276. The molecule has 2 heterocycles. The number of carbonyl (C=O) groups is 1. The van der Waals surface area contributed by atoms with E-state index >= 15 is 0 Å². The molecule has 0 saturated heterocycles. The van der Waals surface area contributed by atoms with Gasteiger partial charge >= 0.3 is 0 Å². The molecule has 3 aromatic rings. The summed E-state index contributed by atoms with van der Waals surface area (Å²) in [6, 6.07) is 17.7. The molecule has 5 rings (SSSR count). The Morgan fingerprint density at radius 2 is 1.72 bits per heavy atom. The van der Waals surface area contributed by atoms with Gasteiger partial charge in [-0.05, 0) is 54.3 Å². The van der Waals surface area contributed by atoms with Gasteiger partial charge in [-0.2, -0.15) is 0 Å². The third kappa shape index (κ3) is 4.62. The van der Waals surface area contributed by atoms with E-state index in [2.05, 4.69) is 29.2 Å². The molecule has 0 aliphatic carbocycles. The lowest BCUT2D eigenvalue weighted by Gasteiger charge is -2.29. The van der Waals surface area contributed by atoms with Crippen molar-refractivity contribution in [1.29, 1.82) is 0 Å². The molecule has 0 bridgehead atoms. The molecular weight excluding hydrogens is 458 g/mol. The minimum absolute atomic E-state index is 0.164. The number of hydrogen-bond donors (Lipinski definition) is 0. The van der Waals surface area contributed by atoms with Gasteiger partial charge in [0, 0.05) is 13.1 Å². The molecule has 0 unspecified atom stereocenters. The average molecular weight is 488 g/mol. The van der Waals surface area contributed by atoms with Crippen molar-refractivity contribution in [2.45, 2.75) is 19.4 Å². The van der Waals surface area contributed by atoms with Gasteiger partial charge in [-0.25, -0.2) is 0 Å². The lowest BCUT2D eigenvalue weighted by Crippen LogP contribution is -2.33. The van der Waals surface area contributed by atoms with Crippen LogP contribution < -0.4 is 23.7 Å². The first-order chi connectivity index (χ1) is 17.6. The molecule has 2 aliphatic heterocycles. The SMILES string of the molecule is COc1cc(/C=C2\Oc3c(ccc4c3CN(CCCc3ccccc3)CO4)C2=O)cc(OC)c1OC. The summed E-state index contributed by atoms with van der Waals surface area (Å²) in [5.41, 5.74) is 3.47. The summed E-state index contributed by atoms with van der Waals surface area (Å²) in [6.07, 6.45) is 3.72. The van der Waals surface area contributed by atoms with Crippen molar-refractivity contribution < 1.29 is 28.5 Å². The zero-order valence-corrected chi connectivity index (χ0v) is 20.7. The highest BCUT2D eigenvalue weighted by molar-refractivity contribution is 6.15. The van der Waals surface area contributed by atoms with Crippen LogP contribution in [0, 0.1) is 0 Å². The van der Waals surface area contributed by atoms with Gasteiger partial charge in [0.05, 0.1) is 32.5 Å². The largest absolute Gasteiger partial charge is 0.493 e. The third-order valence-electron chi connectivity index (χ3n) is 6.45. The third-order valence-corrected chi connectivity index (χ3v) is 6.45. The monoisotopic (exact) mass is 487 g/mol. The highest BCUT2D eigenvalue weighted by atomic mass is 16.5. The Bertz CT molecular complexity index is 1280. The predicted octanol–water partition coefficient (Wildman–Crippen LogP) is 5.11. The molecule has 186 valence electrons. The lowest BCUT2D eigenvalue weighted by atomic mass is 10.0. The summed E-state index contributed by atoms with van der Waals surface area (Å²) in [7, 11) is 4.66. The lowest BCUT2D eigenvalue weighted by molar-refractivity contribution is 0.0928. The van der Waals surface area contributed by atoms with Crippen LogP contribution in [0.15, 0.2) is 60.4 Å². The van der Waals surface area contributed by atoms with E-state index in [1.807, 2.05) is 12.1 Å². The zero-order valence-electron chi connectivity index (χ0n) is 20.7. The molecule has 0 saturated carbocycles. The van der Waals surface area contributed by atoms with Crippen LogP contribution >= 0.6 is 0 Å². The predicted molar refractivity (Wildman–Crippen MR) is 136 cm³/mol. The van der Waals surface area contributed by atoms with Crippen molar-refractivity contribution in [3.05, 3.63) is 82.6 Å². The van der Waals surface area contributed by atoms with E-state index in [9.17, 15) is 4.79 Å². The maximum Gasteiger partial charge on any atom is 0.231 e. The van der Waals surface area contributed by atoms with Crippen LogP contribution in [-0.4, -0.2) is 45.3 Å². The maximum absolute atomic E-state index is 13.2. The molecule has 3 aromatic carbocycles. The van der Waals surface area contributed by atoms with Gasteiger partial charge < -0.3 is 23.7 Å². The van der Waals surface area contributed by atoms with Crippen LogP contribution in [0.2, 0.25) is 0 Å². The van der Waals surface area contributed by atoms with Crippen LogP contribution in [0.3, 0.4) is 0 Å². The molecule has 7 nitrogen and oxygen atoms in total. The van der Waals surface area contributed by atoms with E-state index < -0.39 is 0 Å². The summed E-state index contributed by atoms with van der Waals surface area (Å²) in [5.74, 6) is 2.91. The molecule has 0 fully saturated rings. The van der Waals surface area contributed by atoms with Gasteiger partial charge in [0.15, 0.2) is 17.3 Å². The smallest absolute Gasteiger partial charge is 0.231 e. The molecule has 0 atom stereocenters. The quantitative estimate of drug-likeness (QED) is 0.409. The van der Waals surface area contributed by atoms with E-state index in [1.165, 1.54) is 5.56 Å². The number of carbonyl (C=O) groups excluding carboxylic acids is 1. The second-order valence-electron chi connectivity index (χ2n) is 8.73. The van der Waals surface area contributed by atoms with Gasteiger partial charge in [-0.15, -0.1) is 0 Å². The Kier molecular flexibility index (Phi) is 6.82. The number of allylic oxidation sites excluding steroid dienone is 1. The Morgan fingerprint density at radius 3 is 2.42 bits per heavy atom. The summed E-state index contributed by atoms with van der Waals surface area (Å²) < 4.78 is 28.4. The van der Waals surface area contributed by atoms with Crippen LogP contribution in [-0.2, 0) is 13.0 Å². The molecular formula is C29H29NO6. The molecule has 0 radical (unpaired) electrons. The Hall–Kier alpha value is -3.97. The first-order valence-electron chi connectivity index (χ1n) is 11.9. The van der Waals surface area contributed by atoms with Crippen molar-refractivity contribution in [3.8, 4) is 28.7 Å². The standard InChI is InChI=1S/C29H29NO6/c1-32-25-15-20(16-26(33-2)29(25)34-3)14-24-27(31)21-11-12-23-22(28(21)36-24)17-30(18-35-23)13-7-10-19-8-5-4-6-9-19/h4-6,8-9,11-12,14-16H,7,10,13,17-18H2,1-3H3/b24-14-. The van der Waals surface area contributed by atoms with Gasteiger partial charge in [0.1, 0.15) is 18.2 Å². The highest BCUT2D eigenvalue weighted by Gasteiger charge is 2.33. The Labute approximate surface area is 210 Å². The van der Waals surface area contributed by atoms with Crippen molar-refractivity contribution in [2.24, 2.45) is 0 Å². The molecule has 2 aliphatic rings. The number of rotatable bonds is 8. The number of hydrogen-bond acceptors (Lipinski definition) is 7. The summed E-state index contributed by atoms with van der Waals surface area (Å²) >= 11 is 0.